The number of aliphatic hydroxyl groups is 4. The molecule has 2 aromatic carbocycles. The first-order valence-electron chi connectivity index (χ1n) is 9.64. The van der Waals surface area contributed by atoms with E-state index in [1.165, 1.54) is 7.05 Å². The Morgan fingerprint density at radius 3 is 2.45 bits per heavy atom. The number of amides is 2. The van der Waals surface area contributed by atoms with Gasteiger partial charge in [0.2, 0.25) is 0 Å². The third-order valence-electron chi connectivity index (χ3n) is 5.50. The molecule has 0 aliphatic carbocycles. The Morgan fingerprint density at radius 2 is 1.74 bits per heavy atom. The highest BCUT2D eigenvalue weighted by molar-refractivity contribution is 6.25. The van der Waals surface area contributed by atoms with E-state index in [4.69, 9.17) is 9.47 Å². The summed E-state index contributed by atoms with van der Waals surface area (Å²) >= 11 is 0. The van der Waals surface area contributed by atoms with Crippen LogP contribution in [0.1, 0.15) is 26.3 Å². The van der Waals surface area contributed by atoms with Crippen molar-refractivity contribution in [2.75, 3.05) is 20.3 Å². The van der Waals surface area contributed by atoms with Crippen molar-refractivity contribution >= 4 is 22.6 Å². The van der Waals surface area contributed by atoms with Gasteiger partial charge in [0.05, 0.1) is 6.61 Å². The van der Waals surface area contributed by atoms with Crippen molar-refractivity contribution in [2.24, 2.45) is 0 Å². The van der Waals surface area contributed by atoms with Gasteiger partial charge in [-0.1, -0.05) is 24.0 Å². The second-order valence-corrected chi connectivity index (χ2v) is 7.37. The molecule has 0 saturated carbocycles. The van der Waals surface area contributed by atoms with Crippen LogP contribution in [0.4, 0.5) is 0 Å². The van der Waals surface area contributed by atoms with Gasteiger partial charge in [0.25, 0.3) is 11.8 Å². The van der Waals surface area contributed by atoms with E-state index in [0.717, 1.165) is 4.90 Å². The molecule has 4 N–H and O–H groups in total. The molecule has 9 nitrogen and oxygen atoms in total. The van der Waals surface area contributed by atoms with Crippen LogP contribution in [0.25, 0.3) is 10.8 Å². The normalized spacial score (nSPS) is 27.9. The third kappa shape index (κ3) is 3.59. The van der Waals surface area contributed by atoms with Gasteiger partial charge >= 0.3 is 0 Å². The summed E-state index contributed by atoms with van der Waals surface area (Å²) in [6.07, 6.45) is -6.84. The number of rotatable bonds is 3. The highest BCUT2D eigenvalue weighted by atomic mass is 16.7. The van der Waals surface area contributed by atoms with Gasteiger partial charge in [-0.15, -0.1) is 0 Å². The van der Waals surface area contributed by atoms with Crippen molar-refractivity contribution in [2.45, 2.75) is 30.7 Å². The monoisotopic (exact) mass is 427 g/mol. The fourth-order valence-corrected chi connectivity index (χ4v) is 3.79. The summed E-state index contributed by atoms with van der Waals surface area (Å²) < 4.78 is 10.6. The quantitative estimate of drug-likeness (QED) is 0.370. The van der Waals surface area contributed by atoms with Gasteiger partial charge in [-0.25, -0.2) is 0 Å². The summed E-state index contributed by atoms with van der Waals surface area (Å²) in [7, 11) is 1.44. The zero-order valence-electron chi connectivity index (χ0n) is 16.6. The largest absolute Gasteiger partial charge is 0.394 e. The average molecular weight is 427 g/mol. The van der Waals surface area contributed by atoms with Crippen LogP contribution in [0.3, 0.4) is 0 Å². The smallest absolute Gasteiger partial charge is 0.261 e. The number of carbonyl (C=O) groups excluding carboxylic acids is 2. The lowest BCUT2D eigenvalue weighted by atomic mass is 9.91. The zero-order chi connectivity index (χ0) is 22.3. The number of nitrogens with zero attached hydrogens (tertiary/aromatic N) is 1. The Labute approximate surface area is 177 Å². The van der Waals surface area contributed by atoms with E-state index in [1.54, 1.807) is 30.3 Å². The number of ether oxygens (including phenoxy) is 2. The minimum Gasteiger partial charge on any atom is -0.394 e. The molecular formula is C22H21NO8. The molecule has 4 rings (SSSR count). The SMILES string of the molecule is CN1C(=O)c2cccc3c(C#CCO[C@@H]4O[C@H](CO)[C@@H](O)[C@H](O)[C@H]4O)ccc(c23)C1=O. The second-order valence-electron chi connectivity index (χ2n) is 7.37. The molecule has 0 aromatic heterocycles. The lowest BCUT2D eigenvalue weighted by molar-refractivity contribution is -0.298. The molecule has 2 amide bonds. The second kappa shape index (κ2) is 8.36. The van der Waals surface area contributed by atoms with Crippen molar-refractivity contribution in [3.63, 3.8) is 0 Å². The molecule has 0 bridgehead atoms. The molecule has 2 heterocycles. The van der Waals surface area contributed by atoms with Crippen LogP contribution in [-0.4, -0.2) is 88.1 Å². The highest BCUT2D eigenvalue weighted by Crippen LogP contribution is 2.31. The first-order chi connectivity index (χ1) is 14.8. The molecule has 2 aliphatic rings. The molecule has 2 aromatic rings. The Bertz CT molecular complexity index is 1080. The van der Waals surface area contributed by atoms with Gasteiger partial charge in [0, 0.05) is 29.1 Å². The van der Waals surface area contributed by atoms with Crippen LogP contribution >= 0.6 is 0 Å². The molecule has 0 unspecified atom stereocenters. The van der Waals surface area contributed by atoms with Crippen LogP contribution in [0.2, 0.25) is 0 Å². The Kier molecular flexibility index (Phi) is 5.77. The summed E-state index contributed by atoms with van der Waals surface area (Å²) in [6.45, 7) is -0.726. The standard InChI is InChI=1S/C22H21NO8/c1-23-20(28)13-6-2-5-12-11(7-8-14(16(12)13)21(23)29)4-3-9-30-22-19(27)18(26)17(25)15(10-24)31-22/h2,5-8,15,17-19,22,24-27H,9-10H2,1H3/t15-,17-,18+,19-,22-/m1/s1. The fourth-order valence-electron chi connectivity index (χ4n) is 3.79. The topological polar surface area (TPSA) is 137 Å². The van der Waals surface area contributed by atoms with Crippen LogP contribution in [0.15, 0.2) is 30.3 Å². The first kappa shape index (κ1) is 21.4. The number of hydrogen-bond donors (Lipinski definition) is 4. The van der Waals surface area contributed by atoms with E-state index in [2.05, 4.69) is 11.8 Å². The van der Waals surface area contributed by atoms with Crippen LogP contribution in [-0.2, 0) is 9.47 Å². The van der Waals surface area contributed by atoms with Gasteiger partial charge in [-0.2, -0.15) is 0 Å². The molecule has 9 heteroatoms. The van der Waals surface area contributed by atoms with Crippen molar-refractivity contribution in [1.82, 2.24) is 4.90 Å². The number of aliphatic hydroxyl groups excluding tert-OH is 4. The maximum absolute atomic E-state index is 12.4. The summed E-state index contributed by atoms with van der Waals surface area (Å²) in [4.78, 5) is 26.0. The summed E-state index contributed by atoms with van der Waals surface area (Å²) in [5.74, 6) is 4.95. The van der Waals surface area contributed by atoms with E-state index in [-0.39, 0.29) is 18.4 Å². The van der Waals surface area contributed by atoms with Crippen molar-refractivity contribution in [3.05, 3.63) is 47.0 Å². The number of carbonyl (C=O) groups is 2. The molecule has 0 spiro atoms. The van der Waals surface area contributed by atoms with Gasteiger partial charge in [-0.05, 0) is 23.6 Å². The molecule has 1 saturated heterocycles. The number of imide groups is 1. The summed E-state index contributed by atoms with van der Waals surface area (Å²) in [5, 5.41) is 40.0. The molecule has 162 valence electrons. The van der Waals surface area contributed by atoms with Crippen LogP contribution in [0, 0.1) is 11.8 Å². The van der Waals surface area contributed by atoms with Crippen LogP contribution < -0.4 is 0 Å². The van der Waals surface area contributed by atoms with Gasteiger partial charge in [-0.3, -0.25) is 14.5 Å². The summed E-state index contributed by atoms with van der Waals surface area (Å²) in [5.41, 5.74) is 1.44. The van der Waals surface area contributed by atoms with E-state index in [0.29, 0.717) is 27.5 Å². The highest BCUT2D eigenvalue weighted by Gasteiger charge is 2.43. The molecular weight excluding hydrogens is 406 g/mol. The Balaban J connectivity index is 1.56. The molecule has 1 fully saturated rings. The number of benzene rings is 2. The first-order valence-corrected chi connectivity index (χ1v) is 9.64. The molecule has 0 radical (unpaired) electrons. The molecule has 31 heavy (non-hydrogen) atoms. The maximum atomic E-state index is 12.4. The van der Waals surface area contributed by atoms with Gasteiger partial charge < -0.3 is 29.9 Å². The average Bonchev–Trinajstić information content (AvgIpc) is 2.78. The lowest BCUT2D eigenvalue weighted by Gasteiger charge is -2.39. The zero-order valence-corrected chi connectivity index (χ0v) is 16.6. The molecule has 2 aliphatic heterocycles. The third-order valence-corrected chi connectivity index (χ3v) is 5.50. The van der Waals surface area contributed by atoms with Crippen molar-refractivity contribution in [3.8, 4) is 11.8 Å². The Hall–Kier alpha value is -2.84. The van der Waals surface area contributed by atoms with E-state index in [1.807, 2.05) is 0 Å². The number of hydrogen-bond acceptors (Lipinski definition) is 8. The molecule has 5 atom stereocenters. The van der Waals surface area contributed by atoms with E-state index >= 15 is 0 Å². The Morgan fingerprint density at radius 1 is 1.03 bits per heavy atom. The predicted molar refractivity (Wildman–Crippen MR) is 107 cm³/mol. The predicted octanol–water partition coefficient (Wildman–Crippen LogP) is -0.766. The minimum absolute atomic E-state index is 0.174. The lowest BCUT2D eigenvalue weighted by Crippen LogP contribution is -2.59. The van der Waals surface area contributed by atoms with Gasteiger partial charge in [0.15, 0.2) is 6.29 Å². The van der Waals surface area contributed by atoms with Crippen molar-refractivity contribution in [1.29, 1.82) is 0 Å². The minimum atomic E-state index is -1.53. The van der Waals surface area contributed by atoms with Gasteiger partial charge in [0.1, 0.15) is 31.0 Å². The van der Waals surface area contributed by atoms with E-state index in [9.17, 15) is 30.0 Å². The van der Waals surface area contributed by atoms with Crippen molar-refractivity contribution < 1.29 is 39.5 Å². The van der Waals surface area contributed by atoms with Crippen LogP contribution in [0.5, 0.6) is 0 Å². The van der Waals surface area contributed by atoms with E-state index < -0.39 is 37.3 Å². The maximum Gasteiger partial charge on any atom is 0.261 e. The summed E-state index contributed by atoms with van der Waals surface area (Å²) in [6, 6.07) is 8.47. The fraction of sp³-hybridized carbons (Fsp3) is 0.364.